The van der Waals surface area contributed by atoms with Gasteiger partial charge in [0.15, 0.2) is 0 Å². The third-order valence-corrected chi connectivity index (χ3v) is 5.42. The Kier molecular flexibility index (Phi) is 4.64. The molecule has 2 aliphatic rings. The lowest BCUT2D eigenvalue weighted by Gasteiger charge is -2.35. The fourth-order valence-electron chi connectivity index (χ4n) is 3.22. The van der Waals surface area contributed by atoms with Crippen molar-refractivity contribution in [1.82, 2.24) is 14.8 Å². The molecule has 4 rings (SSSR count). The summed E-state index contributed by atoms with van der Waals surface area (Å²) in [5.41, 5.74) is 0.942. The van der Waals surface area contributed by atoms with Crippen LogP contribution in [0.3, 0.4) is 0 Å². The van der Waals surface area contributed by atoms with Crippen LogP contribution in [-0.4, -0.2) is 59.6 Å². The fraction of sp³-hybridized carbons (Fsp3) is 0.529. The van der Waals surface area contributed by atoms with Gasteiger partial charge in [0, 0.05) is 39.3 Å². The van der Waals surface area contributed by atoms with Crippen molar-refractivity contribution in [2.45, 2.75) is 25.5 Å². The van der Waals surface area contributed by atoms with Gasteiger partial charge in [-0.05, 0) is 24.3 Å². The van der Waals surface area contributed by atoms with Gasteiger partial charge >= 0.3 is 0 Å². The number of nitrogens with zero attached hydrogens (tertiary/aromatic N) is 3. The van der Waals surface area contributed by atoms with Crippen molar-refractivity contribution in [3.05, 3.63) is 29.5 Å². The van der Waals surface area contributed by atoms with Crippen LogP contribution in [0.4, 0.5) is 0 Å². The molecule has 0 unspecified atom stereocenters. The van der Waals surface area contributed by atoms with Gasteiger partial charge in [0.05, 0.1) is 10.6 Å². The molecule has 24 heavy (non-hydrogen) atoms. The number of piperazine rings is 1. The predicted molar refractivity (Wildman–Crippen MR) is 90.6 cm³/mol. The van der Waals surface area contributed by atoms with E-state index in [-0.39, 0.29) is 12.0 Å². The molecule has 7 heteroatoms. The highest BCUT2D eigenvalue weighted by Gasteiger charge is 2.30. The van der Waals surface area contributed by atoms with Gasteiger partial charge < -0.3 is 14.1 Å². The number of hydrogen-bond donors (Lipinski definition) is 0. The Morgan fingerprint density at radius 1 is 1.33 bits per heavy atom. The summed E-state index contributed by atoms with van der Waals surface area (Å²) in [6.07, 6.45) is 3.39. The second-order valence-electron chi connectivity index (χ2n) is 6.22. The Hall–Kier alpha value is -1.70. The minimum Gasteiger partial charge on any atom is -0.444 e. The van der Waals surface area contributed by atoms with Crippen LogP contribution >= 0.6 is 11.3 Å². The van der Waals surface area contributed by atoms with Crippen molar-refractivity contribution in [3.8, 4) is 10.8 Å². The van der Waals surface area contributed by atoms with Crippen LogP contribution in [0, 0.1) is 0 Å². The first kappa shape index (κ1) is 15.8. The standard InChI is InChI=1S/C17H21N3O3S/c21-17(14-3-1-9-22-14)20-7-5-19(6-8-20)11-13-12-23-16(18-13)15-4-2-10-24-15/h2,4,10,12,14H,1,3,5-9,11H2/t14-/m0/s1. The Morgan fingerprint density at radius 3 is 2.92 bits per heavy atom. The van der Waals surface area contributed by atoms with E-state index in [4.69, 9.17) is 9.15 Å². The fourth-order valence-corrected chi connectivity index (χ4v) is 3.88. The molecule has 2 aliphatic heterocycles. The molecule has 1 atom stereocenters. The van der Waals surface area contributed by atoms with Crippen molar-refractivity contribution in [3.63, 3.8) is 0 Å². The van der Waals surface area contributed by atoms with Gasteiger partial charge in [0.2, 0.25) is 5.89 Å². The molecule has 2 aromatic heterocycles. The van der Waals surface area contributed by atoms with E-state index < -0.39 is 0 Å². The van der Waals surface area contributed by atoms with E-state index in [1.165, 1.54) is 0 Å². The zero-order chi connectivity index (χ0) is 16.4. The number of ether oxygens (including phenoxy) is 1. The quantitative estimate of drug-likeness (QED) is 0.849. The van der Waals surface area contributed by atoms with E-state index >= 15 is 0 Å². The Morgan fingerprint density at radius 2 is 2.21 bits per heavy atom. The molecule has 0 N–H and O–H groups in total. The van der Waals surface area contributed by atoms with Crippen LogP contribution in [-0.2, 0) is 16.1 Å². The van der Waals surface area contributed by atoms with E-state index in [2.05, 4.69) is 9.88 Å². The second kappa shape index (κ2) is 7.04. The van der Waals surface area contributed by atoms with Gasteiger partial charge in [-0.3, -0.25) is 9.69 Å². The van der Waals surface area contributed by atoms with Crippen LogP contribution in [0.1, 0.15) is 18.5 Å². The molecule has 2 saturated heterocycles. The SMILES string of the molecule is O=C([C@@H]1CCCO1)N1CCN(Cc2coc(-c3cccs3)n2)CC1. The van der Waals surface area contributed by atoms with Crippen molar-refractivity contribution in [2.24, 2.45) is 0 Å². The largest absolute Gasteiger partial charge is 0.444 e. The maximum absolute atomic E-state index is 12.4. The molecule has 128 valence electrons. The predicted octanol–water partition coefficient (Wildman–Crippen LogP) is 2.23. The molecule has 6 nitrogen and oxygen atoms in total. The van der Waals surface area contributed by atoms with Gasteiger partial charge in [-0.25, -0.2) is 4.98 Å². The van der Waals surface area contributed by atoms with E-state index in [9.17, 15) is 4.79 Å². The molecule has 1 amide bonds. The first-order chi connectivity index (χ1) is 11.8. The highest BCUT2D eigenvalue weighted by molar-refractivity contribution is 7.13. The summed E-state index contributed by atoms with van der Waals surface area (Å²) in [6.45, 7) is 4.72. The van der Waals surface area contributed by atoms with Crippen LogP contribution in [0.15, 0.2) is 28.2 Å². The van der Waals surface area contributed by atoms with Crippen molar-refractivity contribution in [1.29, 1.82) is 0 Å². The Balaban J connectivity index is 1.29. The molecule has 0 aliphatic carbocycles. The minimum absolute atomic E-state index is 0.161. The normalized spacial score (nSPS) is 22.2. The second-order valence-corrected chi connectivity index (χ2v) is 7.17. The maximum atomic E-state index is 12.4. The molecule has 0 spiro atoms. The van der Waals surface area contributed by atoms with Crippen LogP contribution in [0.25, 0.3) is 10.8 Å². The highest BCUT2D eigenvalue weighted by Crippen LogP contribution is 2.24. The van der Waals surface area contributed by atoms with Gasteiger partial charge in [0.25, 0.3) is 5.91 Å². The van der Waals surface area contributed by atoms with E-state index in [1.807, 2.05) is 22.4 Å². The summed E-state index contributed by atoms with van der Waals surface area (Å²) in [7, 11) is 0. The maximum Gasteiger partial charge on any atom is 0.251 e. The summed E-state index contributed by atoms with van der Waals surface area (Å²) in [4.78, 5) is 22.2. The average molecular weight is 347 g/mol. The molecular weight excluding hydrogens is 326 g/mol. The number of aromatic nitrogens is 1. The molecule has 0 aromatic carbocycles. The first-order valence-electron chi connectivity index (χ1n) is 8.40. The molecule has 2 fully saturated rings. The van der Waals surface area contributed by atoms with E-state index in [0.29, 0.717) is 5.89 Å². The summed E-state index contributed by atoms with van der Waals surface area (Å²) >= 11 is 1.63. The molecule has 0 radical (unpaired) electrons. The average Bonchev–Trinajstić information content (AvgIpc) is 3.36. The van der Waals surface area contributed by atoms with E-state index in [1.54, 1.807) is 17.6 Å². The van der Waals surface area contributed by atoms with Crippen molar-refractivity contribution >= 4 is 17.2 Å². The summed E-state index contributed by atoms with van der Waals surface area (Å²) in [5, 5.41) is 2.02. The zero-order valence-corrected chi connectivity index (χ0v) is 14.3. The number of hydrogen-bond acceptors (Lipinski definition) is 6. The number of thiophene rings is 1. The van der Waals surface area contributed by atoms with Crippen LogP contribution < -0.4 is 0 Å². The topological polar surface area (TPSA) is 58.8 Å². The van der Waals surface area contributed by atoms with Gasteiger partial charge in [-0.15, -0.1) is 11.3 Å². The first-order valence-corrected chi connectivity index (χ1v) is 9.28. The van der Waals surface area contributed by atoms with Crippen molar-refractivity contribution < 1.29 is 13.9 Å². The van der Waals surface area contributed by atoms with Gasteiger partial charge in [-0.2, -0.15) is 0 Å². The summed E-state index contributed by atoms with van der Waals surface area (Å²) in [5.74, 6) is 0.848. The number of carbonyl (C=O) groups is 1. The lowest BCUT2D eigenvalue weighted by atomic mass is 10.2. The number of rotatable bonds is 4. The van der Waals surface area contributed by atoms with Crippen molar-refractivity contribution in [2.75, 3.05) is 32.8 Å². The lowest BCUT2D eigenvalue weighted by Crippen LogP contribution is -2.51. The minimum atomic E-state index is -0.208. The Labute approximate surface area is 145 Å². The molecular formula is C17H21N3O3S. The molecule has 4 heterocycles. The summed E-state index contributed by atoms with van der Waals surface area (Å²) in [6, 6.07) is 4.00. The zero-order valence-electron chi connectivity index (χ0n) is 13.5. The van der Waals surface area contributed by atoms with Gasteiger partial charge in [-0.1, -0.05) is 6.07 Å². The molecule has 0 saturated carbocycles. The molecule has 0 bridgehead atoms. The molecule has 2 aromatic rings. The lowest BCUT2D eigenvalue weighted by molar-refractivity contribution is -0.142. The third kappa shape index (κ3) is 3.38. The van der Waals surface area contributed by atoms with Gasteiger partial charge in [0.1, 0.15) is 12.4 Å². The number of carbonyl (C=O) groups excluding carboxylic acids is 1. The van der Waals surface area contributed by atoms with Crippen LogP contribution in [0.2, 0.25) is 0 Å². The van der Waals surface area contributed by atoms with Crippen LogP contribution in [0.5, 0.6) is 0 Å². The third-order valence-electron chi connectivity index (χ3n) is 4.56. The smallest absolute Gasteiger partial charge is 0.251 e. The highest BCUT2D eigenvalue weighted by atomic mass is 32.1. The monoisotopic (exact) mass is 347 g/mol. The number of oxazole rings is 1. The number of amides is 1. The Bertz CT molecular complexity index is 671. The van der Waals surface area contributed by atoms with E-state index in [0.717, 1.165) is 62.7 Å². The summed E-state index contributed by atoms with van der Waals surface area (Å²) < 4.78 is 11.1.